The normalized spacial score (nSPS) is 22.2. The topological polar surface area (TPSA) is 55.5 Å². The van der Waals surface area contributed by atoms with Crippen LogP contribution < -0.4 is 5.73 Å². The molecule has 1 atom stereocenters. The van der Waals surface area contributed by atoms with E-state index in [-0.39, 0.29) is 5.91 Å². The molecule has 0 radical (unpaired) electrons. The Morgan fingerprint density at radius 3 is 2.85 bits per heavy atom. The summed E-state index contributed by atoms with van der Waals surface area (Å²) in [6.07, 6.45) is 0. The van der Waals surface area contributed by atoms with Gasteiger partial charge in [-0.05, 0) is 23.9 Å². The minimum Gasteiger partial charge on any atom is -0.311 e. The van der Waals surface area contributed by atoms with Crippen LogP contribution in [0.4, 0.5) is 0 Å². The summed E-state index contributed by atoms with van der Waals surface area (Å²) in [5, 5.41) is 2.25. The fourth-order valence-electron chi connectivity index (χ4n) is 1.06. The highest BCUT2D eigenvalue weighted by molar-refractivity contribution is 8.16. The number of carbonyl (C=O) groups excluding carboxylic acids is 1. The van der Waals surface area contributed by atoms with E-state index >= 15 is 0 Å². The second-order valence-electron chi connectivity index (χ2n) is 2.73. The number of thiophene rings is 1. The zero-order chi connectivity index (χ0) is 9.42. The molecule has 5 heteroatoms. The molecular formula is C8H8N2OS2. The van der Waals surface area contributed by atoms with Gasteiger partial charge in [0.25, 0.3) is 5.91 Å². The zero-order valence-corrected chi connectivity index (χ0v) is 8.61. The molecule has 3 nitrogen and oxygen atoms in total. The van der Waals surface area contributed by atoms with Crippen molar-refractivity contribution >= 4 is 34.0 Å². The van der Waals surface area contributed by atoms with Crippen molar-refractivity contribution < 1.29 is 4.79 Å². The summed E-state index contributed by atoms with van der Waals surface area (Å²) in [7, 11) is 0. The van der Waals surface area contributed by atoms with Gasteiger partial charge in [-0.3, -0.25) is 4.79 Å². The molecule has 2 heterocycles. The van der Waals surface area contributed by atoms with Crippen LogP contribution in [0.15, 0.2) is 16.4 Å². The molecule has 2 rings (SSSR count). The SMILES string of the molecule is Cc1ccsc1C1=NC(=O)C(N)S1. The lowest BCUT2D eigenvalue weighted by atomic mass is 10.3. The fraction of sp³-hybridized carbons (Fsp3) is 0.250. The molecule has 0 spiro atoms. The highest BCUT2D eigenvalue weighted by atomic mass is 32.2. The maximum atomic E-state index is 11.1. The molecule has 2 N–H and O–H groups in total. The first-order valence-corrected chi connectivity index (χ1v) is 5.53. The number of amides is 1. The van der Waals surface area contributed by atoms with Gasteiger partial charge in [0.05, 0.1) is 4.88 Å². The summed E-state index contributed by atoms with van der Waals surface area (Å²) in [5.74, 6) is -0.229. The third-order valence-corrected chi connectivity index (χ3v) is 3.88. The summed E-state index contributed by atoms with van der Waals surface area (Å²) in [6, 6.07) is 2.01. The van der Waals surface area contributed by atoms with Crippen LogP contribution in [0.1, 0.15) is 10.4 Å². The molecule has 0 saturated heterocycles. The summed E-state index contributed by atoms with van der Waals surface area (Å²) >= 11 is 2.93. The third kappa shape index (κ3) is 1.54. The Morgan fingerprint density at radius 1 is 1.62 bits per heavy atom. The van der Waals surface area contributed by atoms with Crippen LogP contribution in [-0.4, -0.2) is 16.3 Å². The smallest absolute Gasteiger partial charge is 0.274 e. The summed E-state index contributed by atoms with van der Waals surface area (Å²) in [5.41, 5.74) is 6.68. The van der Waals surface area contributed by atoms with Crippen LogP contribution >= 0.6 is 23.1 Å². The van der Waals surface area contributed by atoms with Crippen LogP contribution in [0.25, 0.3) is 0 Å². The van der Waals surface area contributed by atoms with Crippen LogP contribution in [0.2, 0.25) is 0 Å². The van der Waals surface area contributed by atoms with E-state index in [2.05, 4.69) is 4.99 Å². The zero-order valence-electron chi connectivity index (χ0n) is 6.98. The Hall–Kier alpha value is -0.650. The molecule has 0 fully saturated rings. The van der Waals surface area contributed by atoms with E-state index < -0.39 is 5.37 Å². The van der Waals surface area contributed by atoms with Crippen molar-refractivity contribution in [2.24, 2.45) is 10.7 Å². The van der Waals surface area contributed by atoms with Gasteiger partial charge in [0.1, 0.15) is 10.4 Å². The fourth-order valence-corrected chi connectivity index (χ4v) is 2.96. The van der Waals surface area contributed by atoms with E-state index in [1.807, 2.05) is 18.4 Å². The average Bonchev–Trinajstić information content (AvgIpc) is 2.60. The summed E-state index contributed by atoms with van der Waals surface area (Å²) in [4.78, 5) is 16.0. The molecule has 1 aliphatic heterocycles. The van der Waals surface area contributed by atoms with Crippen molar-refractivity contribution in [3.8, 4) is 0 Å². The number of carbonyl (C=O) groups is 1. The summed E-state index contributed by atoms with van der Waals surface area (Å²) in [6.45, 7) is 2.00. The number of aryl methyl sites for hydroxylation is 1. The van der Waals surface area contributed by atoms with Gasteiger partial charge in [-0.2, -0.15) is 0 Å². The molecule has 1 aliphatic rings. The lowest BCUT2D eigenvalue weighted by Gasteiger charge is -1.97. The Labute approximate surface area is 84.0 Å². The van der Waals surface area contributed by atoms with Crippen molar-refractivity contribution in [2.75, 3.05) is 0 Å². The molecule has 13 heavy (non-hydrogen) atoms. The van der Waals surface area contributed by atoms with Crippen molar-refractivity contribution in [3.63, 3.8) is 0 Å². The van der Waals surface area contributed by atoms with Gasteiger partial charge in [-0.15, -0.1) is 11.3 Å². The van der Waals surface area contributed by atoms with Crippen molar-refractivity contribution in [2.45, 2.75) is 12.3 Å². The maximum absolute atomic E-state index is 11.1. The predicted octanol–water partition coefficient (Wildman–Crippen LogP) is 1.36. The number of hydrogen-bond acceptors (Lipinski definition) is 4. The number of nitrogens with two attached hydrogens (primary N) is 1. The van der Waals surface area contributed by atoms with Crippen molar-refractivity contribution in [1.29, 1.82) is 0 Å². The molecule has 1 aromatic heterocycles. The first-order chi connectivity index (χ1) is 6.18. The first kappa shape index (κ1) is 8.93. The monoisotopic (exact) mass is 212 g/mol. The number of aliphatic imine (C=N–C) groups is 1. The second kappa shape index (κ2) is 3.25. The van der Waals surface area contributed by atoms with E-state index in [0.717, 1.165) is 15.5 Å². The van der Waals surface area contributed by atoms with E-state index in [4.69, 9.17) is 5.73 Å². The second-order valence-corrected chi connectivity index (χ2v) is 4.77. The molecule has 1 amide bonds. The molecule has 0 saturated carbocycles. The van der Waals surface area contributed by atoms with Gasteiger partial charge >= 0.3 is 0 Å². The van der Waals surface area contributed by atoms with Gasteiger partial charge in [0, 0.05) is 0 Å². The molecule has 0 aromatic carbocycles. The molecular weight excluding hydrogens is 204 g/mol. The molecule has 1 unspecified atom stereocenters. The van der Waals surface area contributed by atoms with Crippen LogP contribution in [0.5, 0.6) is 0 Å². The highest BCUT2D eigenvalue weighted by Gasteiger charge is 2.26. The minimum absolute atomic E-state index is 0.229. The average molecular weight is 212 g/mol. The van der Waals surface area contributed by atoms with Gasteiger partial charge in [-0.1, -0.05) is 11.8 Å². The predicted molar refractivity (Wildman–Crippen MR) is 56.2 cm³/mol. The molecule has 68 valence electrons. The van der Waals surface area contributed by atoms with E-state index in [9.17, 15) is 4.79 Å². The first-order valence-electron chi connectivity index (χ1n) is 3.78. The van der Waals surface area contributed by atoms with Gasteiger partial charge in [0.2, 0.25) is 0 Å². The van der Waals surface area contributed by atoms with Crippen LogP contribution in [0, 0.1) is 6.92 Å². The Balaban J connectivity index is 2.35. The van der Waals surface area contributed by atoms with E-state index in [0.29, 0.717) is 0 Å². The number of thioether (sulfide) groups is 1. The summed E-state index contributed by atoms with van der Waals surface area (Å²) < 4.78 is 0. The number of hydrogen-bond donors (Lipinski definition) is 1. The number of rotatable bonds is 1. The van der Waals surface area contributed by atoms with E-state index in [1.165, 1.54) is 11.8 Å². The maximum Gasteiger partial charge on any atom is 0.274 e. The Bertz CT molecular complexity index is 383. The largest absolute Gasteiger partial charge is 0.311 e. The van der Waals surface area contributed by atoms with Crippen molar-refractivity contribution in [1.82, 2.24) is 0 Å². The van der Waals surface area contributed by atoms with Crippen LogP contribution in [0.3, 0.4) is 0 Å². The van der Waals surface area contributed by atoms with Crippen molar-refractivity contribution in [3.05, 3.63) is 21.9 Å². The lowest BCUT2D eigenvalue weighted by Crippen LogP contribution is -2.21. The standard InChI is InChI=1S/C8H8N2OS2/c1-4-2-3-12-5(4)8-10-7(11)6(9)13-8/h2-3,6H,9H2,1H3. The number of nitrogens with zero attached hydrogens (tertiary/aromatic N) is 1. The third-order valence-electron chi connectivity index (χ3n) is 1.75. The van der Waals surface area contributed by atoms with Crippen LogP contribution in [-0.2, 0) is 4.79 Å². The molecule has 0 aliphatic carbocycles. The van der Waals surface area contributed by atoms with Gasteiger partial charge in [0.15, 0.2) is 0 Å². The Kier molecular flexibility index (Phi) is 2.23. The van der Waals surface area contributed by atoms with Gasteiger partial charge < -0.3 is 5.73 Å². The van der Waals surface area contributed by atoms with Gasteiger partial charge in [-0.25, -0.2) is 4.99 Å². The highest BCUT2D eigenvalue weighted by Crippen LogP contribution is 2.28. The Morgan fingerprint density at radius 2 is 2.38 bits per heavy atom. The molecule has 0 bridgehead atoms. The quantitative estimate of drug-likeness (QED) is 0.764. The molecule has 1 aromatic rings. The van der Waals surface area contributed by atoms with E-state index in [1.54, 1.807) is 11.3 Å². The minimum atomic E-state index is -0.503. The lowest BCUT2D eigenvalue weighted by molar-refractivity contribution is -0.117.